The van der Waals surface area contributed by atoms with Gasteiger partial charge in [-0.2, -0.15) is 0 Å². The maximum absolute atomic E-state index is 12.5. The molecule has 0 saturated carbocycles. The summed E-state index contributed by atoms with van der Waals surface area (Å²) in [5, 5.41) is 2.74. The van der Waals surface area contributed by atoms with Crippen LogP contribution in [0.25, 0.3) is 0 Å². The van der Waals surface area contributed by atoms with Crippen molar-refractivity contribution >= 4 is 11.8 Å². The molecule has 4 nitrogen and oxygen atoms in total. The fourth-order valence-electron chi connectivity index (χ4n) is 3.05. The average Bonchev–Trinajstić information content (AvgIpc) is 2.59. The van der Waals surface area contributed by atoms with Crippen LogP contribution in [0.2, 0.25) is 0 Å². The van der Waals surface area contributed by atoms with Crippen LogP contribution in [0.3, 0.4) is 0 Å². The Morgan fingerprint density at radius 2 is 1.65 bits per heavy atom. The van der Waals surface area contributed by atoms with E-state index in [0.717, 1.165) is 19.3 Å². The zero-order valence-corrected chi connectivity index (χ0v) is 12.9. The Labute approximate surface area is 135 Å². The Balaban J connectivity index is 1.81. The quantitative estimate of drug-likeness (QED) is 0.911. The molecular formula is C19H20N2O2. The van der Waals surface area contributed by atoms with Gasteiger partial charge in [0.05, 0.1) is 0 Å². The second-order valence-corrected chi connectivity index (χ2v) is 5.91. The van der Waals surface area contributed by atoms with Crippen molar-refractivity contribution in [2.45, 2.75) is 31.7 Å². The second-order valence-electron chi connectivity index (χ2n) is 5.91. The molecule has 1 atom stereocenters. The molecule has 0 radical (unpaired) electrons. The van der Waals surface area contributed by atoms with Crippen molar-refractivity contribution in [3.63, 3.8) is 0 Å². The van der Waals surface area contributed by atoms with Crippen LogP contribution >= 0.6 is 0 Å². The Morgan fingerprint density at radius 1 is 0.957 bits per heavy atom. The average molecular weight is 308 g/mol. The molecule has 1 aliphatic carbocycles. The minimum atomic E-state index is -0.820. The standard InChI is InChI=1S/C19H20N2O2/c20-18(22)17(14-7-2-1-3-8-14)21-19(23)16-11-10-13-6-4-5-9-15(13)12-16/h1-3,7-8,10-12,17H,4-6,9H2,(H2,20,22)(H,21,23). The molecule has 2 aromatic rings. The van der Waals surface area contributed by atoms with Crippen molar-refractivity contribution < 1.29 is 9.59 Å². The van der Waals surface area contributed by atoms with Crippen LogP contribution in [0, 0.1) is 0 Å². The number of primary amides is 1. The van der Waals surface area contributed by atoms with Crippen LogP contribution < -0.4 is 11.1 Å². The van der Waals surface area contributed by atoms with Gasteiger partial charge in [-0.1, -0.05) is 36.4 Å². The first-order chi connectivity index (χ1) is 11.1. The lowest BCUT2D eigenvalue weighted by atomic mass is 9.90. The molecule has 4 heteroatoms. The third-order valence-electron chi connectivity index (χ3n) is 4.30. The lowest BCUT2D eigenvalue weighted by molar-refractivity contribution is -0.120. The molecule has 3 rings (SSSR count). The predicted molar refractivity (Wildman–Crippen MR) is 88.9 cm³/mol. The molecule has 3 N–H and O–H groups in total. The van der Waals surface area contributed by atoms with Gasteiger partial charge < -0.3 is 11.1 Å². The molecule has 2 aromatic carbocycles. The minimum Gasteiger partial charge on any atom is -0.368 e. The van der Waals surface area contributed by atoms with E-state index in [2.05, 4.69) is 5.32 Å². The van der Waals surface area contributed by atoms with E-state index in [4.69, 9.17) is 5.73 Å². The number of carbonyl (C=O) groups is 2. The fourth-order valence-corrected chi connectivity index (χ4v) is 3.05. The smallest absolute Gasteiger partial charge is 0.252 e. The van der Waals surface area contributed by atoms with Gasteiger partial charge in [0.1, 0.15) is 6.04 Å². The summed E-state index contributed by atoms with van der Waals surface area (Å²) in [7, 11) is 0. The molecule has 1 unspecified atom stereocenters. The zero-order valence-electron chi connectivity index (χ0n) is 12.9. The number of nitrogens with two attached hydrogens (primary N) is 1. The summed E-state index contributed by atoms with van der Waals surface area (Å²) in [5.41, 5.74) is 9.27. The molecular weight excluding hydrogens is 288 g/mol. The van der Waals surface area contributed by atoms with Crippen LogP contribution in [0.5, 0.6) is 0 Å². The SMILES string of the molecule is NC(=O)C(NC(=O)c1ccc2c(c1)CCCC2)c1ccccc1. The molecule has 1 aliphatic rings. The largest absolute Gasteiger partial charge is 0.368 e. The number of hydrogen-bond acceptors (Lipinski definition) is 2. The number of hydrogen-bond donors (Lipinski definition) is 2. The van der Waals surface area contributed by atoms with Gasteiger partial charge in [0.25, 0.3) is 5.91 Å². The second kappa shape index (κ2) is 6.65. The lowest BCUT2D eigenvalue weighted by Crippen LogP contribution is -2.37. The van der Waals surface area contributed by atoms with E-state index in [1.54, 1.807) is 12.1 Å². The molecule has 0 spiro atoms. The number of benzene rings is 2. The molecule has 0 fully saturated rings. The van der Waals surface area contributed by atoms with Crippen LogP contribution in [0.4, 0.5) is 0 Å². The Hall–Kier alpha value is -2.62. The molecule has 118 valence electrons. The highest BCUT2D eigenvalue weighted by Gasteiger charge is 2.21. The minimum absolute atomic E-state index is 0.272. The van der Waals surface area contributed by atoms with Crippen LogP contribution in [0.1, 0.15) is 45.9 Å². The fraction of sp³-hybridized carbons (Fsp3) is 0.263. The van der Waals surface area contributed by atoms with Crippen molar-refractivity contribution in [2.75, 3.05) is 0 Å². The molecule has 0 aliphatic heterocycles. The maximum Gasteiger partial charge on any atom is 0.252 e. The third kappa shape index (κ3) is 3.42. The van der Waals surface area contributed by atoms with Gasteiger partial charge in [-0.3, -0.25) is 9.59 Å². The van der Waals surface area contributed by atoms with Crippen molar-refractivity contribution in [1.29, 1.82) is 0 Å². The van der Waals surface area contributed by atoms with E-state index >= 15 is 0 Å². The van der Waals surface area contributed by atoms with E-state index in [1.165, 1.54) is 17.5 Å². The number of fused-ring (bicyclic) bond motifs is 1. The van der Waals surface area contributed by atoms with Crippen LogP contribution in [-0.4, -0.2) is 11.8 Å². The van der Waals surface area contributed by atoms with E-state index in [9.17, 15) is 9.59 Å². The third-order valence-corrected chi connectivity index (χ3v) is 4.30. The normalized spacial score (nSPS) is 14.6. The molecule has 0 heterocycles. The first kappa shape index (κ1) is 15.3. The molecule has 0 bridgehead atoms. The first-order valence-electron chi connectivity index (χ1n) is 7.92. The van der Waals surface area contributed by atoms with E-state index in [-0.39, 0.29) is 5.91 Å². The summed E-state index contributed by atoms with van der Waals surface area (Å²) in [6.45, 7) is 0. The number of carbonyl (C=O) groups excluding carboxylic acids is 2. The van der Waals surface area contributed by atoms with Gasteiger partial charge in [-0.15, -0.1) is 0 Å². The highest BCUT2D eigenvalue weighted by Crippen LogP contribution is 2.22. The number of nitrogens with one attached hydrogen (secondary N) is 1. The molecule has 0 aromatic heterocycles. The monoisotopic (exact) mass is 308 g/mol. The van der Waals surface area contributed by atoms with Crippen molar-refractivity contribution in [3.8, 4) is 0 Å². The number of rotatable bonds is 4. The Bertz CT molecular complexity index is 725. The first-order valence-corrected chi connectivity index (χ1v) is 7.92. The van der Waals surface area contributed by atoms with E-state index in [0.29, 0.717) is 11.1 Å². The Kier molecular flexibility index (Phi) is 4.42. The summed E-state index contributed by atoms with van der Waals surface area (Å²) >= 11 is 0. The predicted octanol–water partition coefficient (Wildman–Crippen LogP) is 2.52. The lowest BCUT2D eigenvalue weighted by Gasteiger charge is -2.18. The summed E-state index contributed by atoms with van der Waals surface area (Å²) < 4.78 is 0. The van der Waals surface area contributed by atoms with Crippen molar-refractivity contribution in [2.24, 2.45) is 5.73 Å². The highest BCUT2D eigenvalue weighted by molar-refractivity contribution is 5.97. The van der Waals surface area contributed by atoms with Crippen molar-refractivity contribution in [1.82, 2.24) is 5.32 Å². The topological polar surface area (TPSA) is 72.2 Å². The summed E-state index contributed by atoms with van der Waals surface area (Å²) in [5.74, 6) is -0.839. The number of aryl methyl sites for hydroxylation is 2. The Morgan fingerprint density at radius 3 is 2.35 bits per heavy atom. The van der Waals surface area contributed by atoms with Crippen LogP contribution in [-0.2, 0) is 17.6 Å². The van der Waals surface area contributed by atoms with E-state index < -0.39 is 11.9 Å². The molecule has 23 heavy (non-hydrogen) atoms. The van der Waals surface area contributed by atoms with Gasteiger partial charge in [0.2, 0.25) is 5.91 Å². The number of amides is 2. The highest BCUT2D eigenvalue weighted by atomic mass is 16.2. The zero-order chi connectivity index (χ0) is 16.2. The summed E-state index contributed by atoms with van der Waals surface area (Å²) in [4.78, 5) is 24.2. The van der Waals surface area contributed by atoms with Gasteiger partial charge in [0.15, 0.2) is 0 Å². The van der Waals surface area contributed by atoms with Crippen molar-refractivity contribution in [3.05, 3.63) is 70.8 Å². The molecule has 2 amide bonds. The maximum atomic E-state index is 12.5. The van der Waals surface area contributed by atoms with Gasteiger partial charge in [0, 0.05) is 5.56 Å². The van der Waals surface area contributed by atoms with Crippen LogP contribution in [0.15, 0.2) is 48.5 Å². The van der Waals surface area contributed by atoms with Gasteiger partial charge in [-0.25, -0.2) is 0 Å². The summed E-state index contributed by atoms with van der Waals surface area (Å²) in [6, 6.07) is 14.0. The van der Waals surface area contributed by atoms with Gasteiger partial charge in [-0.05, 0) is 54.5 Å². The molecule has 0 saturated heterocycles. The van der Waals surface area contributed by atoms with E-state index in [1.807, 2.05) is 36.4 Å². The summed E-state index contributed by atoms with van der Waals surface area (Å²) in [6.07, 6.45) is 4.45. The van der Waals surface area contributed by atoms with Gasteiger partial charge >= 0.3 is 0 Å².